The highest BCUT2D eigenvalue weighted by atomic mass is 35.5. The van der Waals surface area contributed by atoms with Crippen molar-refractivity contribution in [3.8, 4) is 15.8 Å². The number of halogens is 1. The van der Waals surface area contributed by atoms with E-state index in [4.69, 9.17) is 17.3 Å². The molecular formula is C13H12ClN5S2. The van der Waals surface area contributed by atoms with Crippen LogP contribution in [0.5, 0.6) is 0 Å². The van der Waals surface area contributed by atoms with Gasteiger partial charge in [-0.1, -0.05) is 11.6 Å². The third-order valence-corrected chi connectivity index (χ3v) is 5.62. The van der Waals surface area contributed by atoms with E-state index >= 15 is 0 Å². The largest absolute Gasteiger partial charge is 0.328 e. The Hall–Kier alpha value is -1.28. The van der Waals surface area contributed by atoms with Gasteiger partial charge < -0.3 is 5.73 Å². The van der Waals surface area contributed by atoms with Crippen molar-refractivity contribution in [3.63, 3.8) is 0 Å². The van der Waals surface area contributed by atoms with E-state index in [1.54, 1.807) is 17.5 Å². The normalized spacial score (nSPS) is 21.4. The van der Waals surface area contributed by atoms with Crippen LogP contribution in [0.3, 0.4) is 0 Å². The van der Waals surface area contributed by atoms with Crippen LogP contribution in [0, 0.1) is 0 Å². The molecule has 108 valence electrons. The summed E-state index contributed by atoms with van der Waals surface area (Å²) in [6.07, 6.45) is 3.68. The molecule has 0 amide bonds. The number of hydrogen-bond donors (Lipinski definition) is 1. The molecule has 4 rings (SSSR count). The summed E-state index contributed by atoms with van der Waals surface area (Å²) in [6, 6.07) is 4.16. The zero-order valence-corrected chi connectivity index (χ0v) is 13.3. The van der Waals surface area contributed by atoms with Gasteiger partial charge in [0.25, 0.3) is 0 Å². The maximum absolute atomic E-state index is 6.09. The Morgan fingerprint density at radius 1 is 1.29 bits per heavy atom. The van der Waals surface area contributed by atoms with Crippen LogP contribution in [0.1, 0.15) is 24.6 Å². The Kier molecular flexibility index (Phi) is 3.30. The van der Waals surface area contributed by atoms with Gasteiger partial charge in [-0.05, 0) is 25.0 Å². The van der Waals surface area contributed by atoms with Crippen LogP contribution in [0.25, 0.3) is 15.8 Å². The van der Waals surface area contributed by atoms with Crippen LogP contribution < -0.4 is 5.73 Å². The van der Waals surface area contributed by atoms with Crippen LogP contribution in [0.4, 0.5) is 0 Å². The summed E-state index contributed by atoms with van der Waals surface area (Å²) >= 11 is 9.16. The molecule has 3 heterocycles. The van der Waals surface area contributed by atoms with Gasteiger partial charge in [0.2, 0.25) is 0 Å². The van der Waals surface area contributed by atoms with Gasteiger partial charge in [0, 0.05) is 23.5 Å². The second-order valence-electron chi connectivity index (χ2n) is 5.06. The minimum Gasteiger partial charge on any atom is -0.328 e. The first-order valence-corrected chi connectivity index (χ1v) is 8.66. The number of aromatic nitrogens is 4. The third kappa shape index (κ3) is 2.30. The summed E-state index contributed by atoms with van der Waals surface area (Å²) in [5, 5.41) is 12.6. The van der Waals surface area contributed by atoms with Crippen molar-refractivity contribution in [1.82, 2.24) is 19.7 Å². The molecule has 1 aliphatic rings. The van der Waals surface area contributed by atoms with Crippen molar-refractivity contribution in [3.05, 3.63) is 33.9 Å². The van der Waals surface area contributed by atoms with Gasteiger partial charge in [-0.3, -0.25) is 4.57 Å². The average molecular weight is 338 g/mol. The fourth-order valence-corrected chi connectivity index (χ4v) is 4.20. The molecular weight excluding hydrogens is 326 g/mol. The molecule has 0 saturated heterocycles. The van der Waals surface area contributed by atoms with Crippen LogP contribution >= 0.6 is 34.3 Å². The van der Waals surface area contributed by atoms with E-state index in [0.29, 0.717) is 5.92 Å². The average Bonchev–Trinajstić information content (AvgIpc) is 3.13. The van der Waals surface area contributed by atoms with Crippen molar-refractivity contribution in [1.29, 1.82) is 0 Å². The highest BCUT2D eigenvalue weighted by Crippen LogP contribution is 2.39. The molecule has 5 nitrogen and oxygen atoms in total. The molecule has 0 unspecified atom stereocenters. The van der Waals surface area contributed by atoms with E-state index in [2.05, 4.69) is 19.7 Å². The molecule has 8 heteroatoms. The Morgan fingerprint density at radius 3 is 2.76 bits per heavy atom. The number of thiazole rings is 1. The van der Waals surface area contributed by atoms with Crippen molar-refractivity contribution in [2.24, 2.45) is 5.73 Å². The fraction of sp³-hybridized carbons (Fsp3) is 0.308. The number of nitrogens with zero attached hydrogens (tertiary/aromatic N) is 4. The van der Waals surface area contributed by atoms with Gasteiger partial charge in [0.1, 0.15) is 10.8 Å². The van der Waals surface area contributed by atoms with Crippen LogP contribution in [0.15, 0.2) is 23.7 Å². The number of nitrogens with two attached hydrogens (primary N) is 1. The quantitative estimate of drug-likeness (QED) is 0.796. The monoisotopic (exact) mass is 337 g/mol. The predicted molar refractivity (Wildman–Crippen MR) is 85.3 cm³/mol. The minimum atomic E-state index is 0.274. The van der Waals surface area contributed by atoms with Crippen molar-refractivity contribution in [2.75, 3.05) is 0 Å². The second kappa shape index (κ2) is 5.17. The van der Waals surface area contributed by atoms with Gasteiger partial charge in [-0.2, -0.15) is 0 Å². The SMILES string of the molecule is N[C@H]1C[C@H](c2nnc(-c3nccs3)n2-c2ccc(Cl)s2)C1. The van der Waals surface area contributed by atoms with Gasteiger partial charge >= 0.3 is 0 Å². The summed E-state index contributed by atoms with van der Waals surface area (Å²) in [7, 11) is 0. The lowest BCUT2D eigenvalue weighted by atomic mass is 9.80. The third-order valence-electron chi connectivity index (χ3n) is 3.63. The predicted octanol–water partition coefficient (Wildman–Crippen LogP) is 3.31. The molecule has 21 heavy (non-hydrogen) atoms. The minimum absolute atomic E-state index is 0.274. The highest BCUT2D eigenvalue weighted by molar-refractivity contribution is 7.18. The Balaban J connectivity index is 1.85. The highest BCUT2D eigenvalue weighted by Gasteiger charge is 2.33. The van der Waals surface area contributed by atoms with Crippen molar-refractivity contribution < 1.29 is 0 Å². The Labute approximate surface area is 134 Å². The standard InChI is InChI=1S/C13H12ClN5S2/c14-9-1-2-10(21-9)19-11(7-5-8(15)6-7)17-18-12(19)13-16-3-4-20-13/h1-4,7-8H,5-6,15H2/t7-,8-. The Bertz CT molecular complexity index is 757. The molecule has 1 saturated carbocycles. The van der Waals surface area contributed by atoms with Gasteiger partial charge in [0.05, 0.1) is 4.34 Å². The summed E-state index contributed by atoms with van der Waals surface area (Å²) in [5.74, 6) is 2.10. The molecule has 0 spiro atoms. The van der Waals surface area contributed by atoms with Crippen molar-refractivity contribution >= 4 is 34.3 Å². The maximum atomic E-state index is 6.09. The number of thiophene rings is 1. The lowest BCUT2D eigenvalue weighted by molar-refractivity contribution is 0.335. The zero-order chi connectivity index (χ0) is 14.4. The van der Waals surface area contributed by atoms with E-state index in [1.807, 2.05) is 17.5 Å². The molecule has 1 aliphatic carbocycles. The summed E-state index contributed by atoms with van der Waals surface area (Å²) in [6.45, 7) is 0. The van der Waals surface area contributed by atoms with Gasteiger partial charge in [-0.15, -0.1) is 32.9 Å². The van der Waals surface area contributed by atoms with Crippen LogP contribution in [-0.4, -0.2) is 25.8 Å². The number of rotatable bonds is 3. The molecule has 0 bridgehead atoms. The molecule has 0 atom stereocenters. The summed E-state index contributed by atoms with van der Waals surface area (Å²) in [4.78, 5) is 4.35. The first kappa shape index (κ1) is 13.4. The lowest BCUT2D eigenvalue weighted by Crippen LogP contribution is -2.36. The van der Waals surface area contributed by atoms with Crippen molar-refractivity contribution in [2.45, 2.75) is 24.8 Å². The molecule has 0 aliphatic heterocycles. The topological polar surface area (TPSA) is 69.6 Å². The first-order chi connectivity index (χ1) is 10.2. The van der Waals surface area contributed by atoms with E-state index in [-0.39, 0.29) is 6.04 Å². The second-order valence-corrected chi connectivity index (χ2v) is 7.65. The molecule has 3 aromatic heterocycles. The first-order valence-electron chi connectivity index (χ1n) is 6.59. The van der Waals surface area contributed by atoms with E-state index in [0.717, 1.165) is 38.8 Å². The molecule has 1 fully saturated rings. The van der Waals surface area contributed by atoms with Crippen LogP contribution in [0.2, 0.25) is 4.34 Å². The summed E-state index contributed by atoms with van der Waals surface area (Å²) in [5.41, 5.74) is 5.91. The van der Waals surface area contributed by atoms with E-state index in [9.17, 15) is 0 Å². The molecule has 2 N–H and O–H groups in total. The Morgan fingerprint density at radius 2 is 2.14 bits per heavy atom. The fourth-order valence-electron chi connectivity index (χ4n) is 2.55. The molecule has 0 radical (unpaired) electrons. The lowest BCUT2D eigenvalue weighted by Gasteiger charge is -2.31. The number of hydrogen-bond acceptors (Lipinski definition) is 6. The molecule has 3 aromatic rings. The van der Waals surface area contributed by atoms with E-state index < -0.39 is 0 Å². The molecule has 0 aromatic carbocycles. The maximum Gasteiger partial charge on any atom is 0.198 e. The zero-order valence-electron chi connectivity index (χ0n) is 10.9. The van der Waals surface area contributed by atoms with Gasteiger partial charge in [0.15, 0.2) is 10.8 Å². The van der Waals surface area contributed by atoms with Gasteiger partial charge in [-0.25, -0.2) is 4.98 Å². The van der Waals surface area contributed by atoms with Crippen LogP contribution in [-0.2, 0) is 0 Å². The summed E-state index contributed by atoms with van der Waals surface area (Å²) < 4.78 is 2.83. The van der Waals surface area contributed by atoms with E-state index in [1.165, 1.54) is 11.3 Å². The smallest absolute Gasteiger partial charge is 0.198 e.